The van der Waals surface area contributed by atoms with Gasteiger partial charge in [-0.1, -0.05) is 0 Å². The van der Waals surface area contributed by atoms with Crippen LogP contribution in [0.2, 0.25) is 0 Å². The highest BCUT2D eigenvalue weighted by Crippen LogP contribution is 2.10. The number of hydrogen-bond donors (Lipinski definition) is 1. The lowest BCUT2D eigenvalue weighted by Gasteiger charge is -2.03. The third-order valence-corrected chi connectivity index (χ3v) is 1.40. The number of furan rings is 1. The molecule has 2 heteroatoms. The molecule has 0 aliphatic rings. The minimum absolute atomic E-state index is 0.319. The number of hydrogen-bond acceptors (Lipinski definition) is 2. The molecule has 1 aromatic rings. The second kappa shape index (κ2) is 2.69. The van der Waals surface area contributed by atoms with Crippen LogP contribution in [-0.4, -0.2) is 7.05 Å². The van der Waals surface area contributed by atoms with E-state index < -0.39 is 0 Å². The van der Waals surface area contributed by atoms with Gasteiger partial charge in [-0.15, -0.1) is 0 Å². The summed E-state index contributed by atoms with van der Waals surface area (Å²) in [5.41, 5.74) is 0. The van der Waals surface area contributed by atoms with Gasteiger partial charge in [0.2, 0.25) is 0 Å². The van der Waals surface area contributed by atoms with E-state index in [4.69, 9.17) is 4.42 Å². The molecule has 0 fully saturated rings. The van der Waals surface area contributed by atoms with E-state index in [-0.39, 0.29) is 0 Å². The zero-order chi connectivity index (χ0) is 6.69. The predicted molar refractivity (Wildman–Crippen MR) is 36.2 cm³/mol. The largest absolute Gasteiger partial charge is 0.468 e. The van der Waals surface area contributed by atoms with Gasteiger partial charge in [0.15, 0.2) is 0 Å². The Morgan fingerprint density at radius 3 is 2.89 bits per heavy atom. The minimum atomic E-state index is 0.319. The molecule has 2 nitrogen and oxygen atoms in total. The van der Waals surface area contributed by atoms with Gasteiger partial charge in [-0.05, 0) is 26.1 Å². The maximum absolute atomic E-state index is 5.12. The molecule has 1 heterocycles. The Balaban J connectivity index is 2.65. The number of rotatable bonds is 2. The van der Waals surface area contributed by atoms with Gasteiger partial charge in [0.1, 0.15) is 5.76 Å². The summed E-state index contributed by atoms with van der Waals surface area (Å²) in [5.74, 6) is 0.984. The molecular weight excluding hydrogens is 114 g/mol. The van der Waals surface area contributed by atoms with Gasteiger partial charge >= 0.3 is 0 Å². The van der Waals surface area contributed by atoms with Crippen LogP contribution in [-0.2, 0) is 0 Å². The molecule has 0 aliphatic carbocycles. The SMILES string of the molecule is CN[C@H](C)c1ccco1. The van der Waals surface area contributed by atoms with Crippen molar-refractivity contribution in [1.82, 2.24) is 5.32 Å². The van der Waals surface area contributed by atoms with E-state index in [1.807, 2.05) is 19.2 Å². The van der Waals surface area contributed by atoms with Crippen molar-refractivity contribution in [2.45, 2.75) is 13.0 Å². The zero-order valence-electron chi connectivity index (χ0n) is 5.72. The van der Waals surface area contributed by atoms with Crippen molar-refractivity contribution in [3.8, 4) is 0 Å². The molecule has 1 N–H and O–H groups in total. The maximum atomic E-state index is 5.12. The van der Waals surface area contributed by atoms with Crippen molar-refractivity contribution >= 4 is 0 Å². The van der Waals surface area contributed by atoms with E-state index in [0.717, 1.165) is 5.76 Å². The van der Waals surface area contributed by atoms with Crippen LogP contribution in [0.3, 0.4) is 0 Å². The molecule has 0 saturated heterocycles. The van der Waals surface area contributed by atoms with Crippen LogP contribution in [0.5, 0.6) is 0 Å². The molecule has 0 saturated carbocycles. The zero-order valence-corrected chi connectivity index (χ0v) is 5.72. The summed E-state index contributed by atoms with van der Waals surface area (Å²) in [5, 5.41) is 3.07. The smallest absolute Gasteiger partial charge is 0.120 e. The van der Waals surface area contributed by atoms with Crippen molar-refractivity contribution in [1.29, 1.82) is 0 Å². The summed E-state index contributed by atoms with van der Waals surface area (Å²) >= 11 is 0. The second-order valence-corrected chi connectivity index (χ2v) is 2.03. The van der Waals surface area contributed by atoms with Crippen molar-refractivity contribution in [2.24, 2.45) is 0 Å². The molecule has 0 amide bonds. The predicted octanol–water partition coefficient (Wildman–Crippen LogP) is 1.56. The van der Waals surface area contributed by atoms with Crippen LogP contribution < -0.4 is 5.32 Å². The molecule has 1 aromatic heterocycles. The maximum Gasteiger partial charge on any atom is 0.120 e. The van der Waals surface area contributed by atoms with Crippen LogP contribution >= 0.6 is 0 Å². The second-order valence-electron chi connectivity index (χ2n) is 2.03. The highest BCUT2D eigenvalue weighted by Gasteiger charge is 2.02. The normalized spacial score (nSPS) is 13.6. The molecule has 0 aromatic carbocycles. The van der Waals surface area contributed by atoms with E-state index in [2.05, 4.69) is 12.2 Å². The molecule has 50 valence electrons. The quantitative estimate of drug-likeness (QED) is 0.648. The molecular formula is C7H11NO. The third kappa shape index (κ3) is 1.33. The Labute approximate surface area is 54.9 Å². The third-order valence-electron chi connectivity index (χ3n) is 1.40. The van der Waals surface area contributed by atoms with Crippen molar-refractivity contribution < 1.29 is 4.42 Å². The number of nitrogens with one attached hydrogen (secondary N) is 1. The molecule has 1 atom stereocenters. The highest BCUT2D eigenvalue weighted by atomic mass is 16.3. The fourth-order valence-electron chi connectivity index (χ4n) is 0.680. The van der Waals surface area contributed by atoms with Crippen LogP contribution in [0.15, 0.2) is 22.8 Å². The topological polar surface area (TPSA) is 25.2 Å². The average molecular weight is 125 g/mol. The minimum Gasteiger partial charge on any atom is -0.468 e. The van der Waals surface area contributed by atoms with Crippen LogP contribution in [0, 0.1) is 0 Å². The summed E-state index contributed by atoms with van der Waals surface area (Å²) in [6.45, 7) is 2.05. The highest BCUT2D eigenvalue weighted by molar-refractivity contribution is 5.02. The molecule has 9 heavy (non-hydrogen) atoms. The Morgan fingerprint density at radius 1 is 1.67 bits per heavy atom. The van der Waals surface area contributed by atoms with Gasteiger partial charge in [-0.2, -0.15) is 0 Å². The molecule has 0 spiro atoms. The van der Waals surface area contributed by atoms with Gasteiger partial charge in [0.25, 0.3) is 0 Å². The molecule has 0 radical (unpaired) electrons. The first-order valence-electron chi connectivity index (χ1n) is 3.05. The van der Waals surface area contributed by atoms with Gasteiger partial charge < -0.3 is 9.73 Å². The van der Waals surface area contributed by atoms with Crippen LogP contribution in [0.4, 0.5) is 0 Å². The van der Waals surface area contributed by atoms with Crippen LogP contribution in [0.25, 0.3) is 0 Å². The summed E-state index contributed by atoms with van der Waals surface area (Å²) in [6.07, 6.45) is 1.68. The molecule has 0 bridgehead atoms. The van der Waals surface area contributed by atoms with E-state index in [9.17, 15) is 0 Å². The van der Waals surface area contributed by atoms with Crippen molar-refractivity contribution in [3.05, 3.63) is 24.2 Å². The summed E-state index contributed by atoms with van der Waals surface area (Å²) in [6, 6.07) is 4.17. The monoisotopic (exact) mass is 125 g/mol. The molecule has 0 aliphatic heterocycles. The first-order chi connectivity index (χ1) is 4.34. The Morgan fingerprint density at radius 2 is 2.44 bits per heavy atom. The van der Waals surface area contributed by atoms with E-state index in [1.165, 1.54) is 0 Å². The Kier molecular flexibility index (Phi) is 1.90. The summed E-state index contributed by atoms with van der Waals surface area (Å²) in [7, 11) is 1.91. The van der Waals surface area contributed by atoms with E-state index >= 15 is 0 Å². The fourth-order valence-corrected chi connectivity index (χ4v) is 0.680. The van der Waals surface area contributed by atoms with Crippen molar-refractivity contribution in [2.75, 3.05) is 7.05 Å². The van der Waals surface area contributed by atoms with Crippen LogP contribution in [0.1, 0.15) is 18.7 Å². The van der Waals surface area contributed by atoms with Gasteiger partial charge in [-0.3, -0.25) is 0 Å². The summed E-state index contributed by atoms with van der Waals surface area (Å²) in [4.78, 5) is 0. The van der Waals surface area contributed by atoms with Gasteiger partial charge in [0, 0.05) is 0 Å². The van der Waals surface area contributed by atoms with Gasteiger partial charge in [-0.25, -0.2) is 0 Å². The van der Waals surface area contributed by atoms with E-state index in [1.54, 1.807) is 6.26 Å². The first kappa shape index (κ1) is 6.36. The van der Waals surface area contributed by atoms with E-state index in [0.29, 0.717) is 6.04 Å². The summed E-state index contributed by atoms with van der Waals surface area (Å²) < 4.78 is 5.12. The average Bonchev–Trinajstić information content (AvgIpc) is 2.37. The lowest BCUT2D eigenvalue weighted by atomic mass is 10.3. The lowest BCUT2D eigenvalue weighted by molar-refractivity contribution is 0.449. The van der Waals surface area contributed by atoms with Gasteiger partial charge in [0.05, 0.1) is 12.3 Å². The first-order valence-corrected chi connectivity index (χ1v) is 3.05. The molecule has 0 unspecified atom stereocenters. The Hall–Kier alpha value is -0.760. The van der Waals surface area contributed by atoms with Crippen molar-refractivity contribution in [3.63, 3.8) is 0 Å². The standard InChI is InChI=1S/C7H11NO/c1-6(8-2)7-4-3-5-9-7/h3-6,8H,1-2H3/t6-/m1/s1. The molecule has 1 rings (SSSR count). The Bertz CT molecular complexity index is 157. The fraction of sp³-hybridized carbons (Fsp3) is 0.429. The lowest BCUT2D eigenvalue weighted by Crippen LogP contribution is -2.10.